The van der Waals surface area contributed by atoms with Crippen LogP contribution in [0.25, 0.3) is 0 Å². The first-order valence-electron chi connectivity index (χ1n) is 9.54. The number of aryl methyl sites for hydroxylation is 2. The zero-order chi connectivity index (χ0) is 20.1. The number of esters is 1. The molecule has 0 fully saturated rings. The van der Waals surface area contributed by atoms with Crippen LogP contribution in [-0.4, -0.2) is 24.8 Å². The van der Waals surface area contributed by atoms with Gasteiger partial charge >= 0.3 is 5.97 Å². The van der Waals surface area contributed by atoms with Gasteiger partial charge < -0.3 is 20.1 Å². The lowest BCUT2D eigenvalue weighted by Gasteiger charge is -2.28. The van der Waals surface area contributed by atoms with Gasteiger partial charge in [0.15, 0.2) is 5.11 Å². The van der Waals surface area contributed by atoms with Crippen LogP contribution in [0.2, 0.25) is 0 Å². The molecule has 2 N–H and O–H groups in total. The van der Waals surface area contributed by atoms with Crippen molar-refractivity contribution < 1.29 is 14.3 Å². The Kier molecular flexibility index (Phi) is 6.52. The largest absolute Gasteiger partial charge is 0.497 e. The van der Waals surface area contributed by atoms with E-state index in [0.717, 1.165) is 36.3 Å². The van der Waals surface area contributed by atoms with E-state index in [4.69, 9.17) is 21.7 Å². The van der Waals surface area contributed by atoms with E-state index in [2.05, 4.69) is 22.8 Å². The Labute approximate surface area is 171 Å². The van der Waals surface area contributed by atoms with Gasteiger partial charge in [-0.25, -0.2) is 4.79 Å². The van der Waals surface area contributed by atoms with Crippen LogP contribution in [0.1, 0.15) is 52.9 Å². The van der Waals surface area contributed by atoms with E-state index in [1.54, 1.807) is 26.2 Å². The summed E-state index contributed by atoms with van der Waals surface area (Å²) in [6, 6.07) is 11.8. The highest BCUT2D eigenvalue weighted by atomic mass is 32.1. The van der Waals surface area contributed by atoms with E-state index >= 15 is 0 Å². The van der Waals surface area contributed by atoms with Gasteiger partial charge in [-0.1, -0.05) is 12.1 Å². The molecule has 0 saturated carbocycles. The first-order chi connectivity index (χ1) is 13.5. The topological polar surface area (TPSA) is 59.6 Å². The van der Waals surface area contributed by atoms with Gasteiger partial charge in [0, 0.05) is 5.69 Å². The van der Waals surface area contributed by atoms with Gasteiger partial charge in [-0.05, 0) is 86.3 Å². The van der Waals surface area contributed by atoms with Crippen molar-refractivity contribution in [1.82, 2.24) is 5.32 Å². The van der Waals surface area contributed by atoms with Gasteiger partial charge in [-0.15, -0.1) is 0 Å². The minimum absolute atomic E-state index is 0.156. The highest BCUT2D eigenvalue weighted by Crippen LogP contribution is 2.32. The van der Waals surface area contributed by atoms with Crippen molar-refractivity contribution in [3.05, 3.63) is 58.7 Å². The SMILES string of the molecule is CCOC(=O)c1ccc(C)c(NC(=S)N[C@H]2CCCc3cc(OC)ccc32)c1. The molecular formula is C22H26N2O3S. The molecule has 6 heteroatoms. The van der Waals surface area contributed by atoms with E-state index in [9.17, 15) is 4.79 Å². The number of thiocarbonyl (C=S) groups is 1. The molecule has 0 aliphatic heterocycles. The second-order valence-electron chi connectivity index (χ2n) is 6.86. The first-order valence-corrected chi connectivity index (χ1v) is 9.94. The third kappa shape index (κ3) is 4.62. The standard InChI is InChI=1S/C22H26N2O3S/c1-4-27-21(25)16-9-8-14(2)20(13-16)24-22(28)23-19-7-5-6-15-12-17(26-3)10-11-18(15)19/h8-13,19H,4-7H2,1-3H3,(H2,23,24,28)/t19-/m0/s1. The minimum atomic E-state index is -0.334. The lowest BCUT2D eigenvalue weighted by Crippen LogP contribution is -2.34. The van der Waals surface area contributed by atoms with Crippen molar-refractivity contribution in [2.24, 2.45) is 0 Å². The van der Waals surface area contributed by atoms with E-state index in [1.165, 1.54) is 11.1 Å². The number of nitrogens with one attached hydrogen (secondary N) is 2. The van der Waals surface area contributed by atoms with Crippen molar-refractivity contribution in [3.8, 4) is 5.75 Å². The molecule has 0 bridgehead atoms. The van der Waals surface area contributed by atoms with Crippen LogP contribution in [-0.2, 0) is 11.2 Å². The van der Waals surface area contributed by atoms with Crippen molar-refractivity contribution in [2.45, 2.75) is 39.2 Å². The zero-order valence-electron chi connectivity index (χ0n) is 16.5. The lowest BCUT2D eigenvalue weighted by atomic mass is 9.87. The summed E-state index contributed by atoms with van der Waals surface area (Å²) < 4.78 is 10.4. The molecule has 0 saturated heterocycles. The molecule has 3 rings (SSSR count). The van der Waals surface area contributed by atoms with Gasteiger partial charge in [0.25, 0.3) is 0 Å². The highest BCUT2D eigenvalue weighted by molar-refractivity contribution is 7.80. The van der Waals surface area contributed by atoms with Crippen molar-refractivity contribution >= 4 is 29.0 Å². The van der Waals surface area contributed by atoms with Gasteiger partial charge in [0.2, 0.25) is 0 Å². The second kappa shape index (κ2) is 9.06. The molecule has 0 heterocycles. The summed E-state index contributed by atoms with van der Waals surface area (Å²) in [7, 11) is 1.69. The quantitative estimate of drug-likeness (QED) is 0.569. The van der Waals surface area contributed by atoms with Crippen LogP contribution in [0.4, 0.5) is 5.69 Å². The summed E-state index contributed by atoms with van der Waals surface area (Å²) in [6.07, 6.45) is 3.16. The number of fused-ring (bicyclic) bond motifs is 1. The monoisotopic (exact) mass is 398 g/mol. The predicted molar refractivity (Wildman–Crippen MR) is 115 cm³/mol. The summed E-state index contributed by atoms with van der Waals surface area (Å²) >= 11 is 5.55. The average Bonchev–Trinajstić information content (AvgIpc) is 2.69. The first kappa shape index (κ1) is 20.1. The molecule has 0 unspecified atom stereocenters. The molecule has 1 atom stereocenters. The average molecular weight is 399 g/mol. The van der Waals surface area contributed by atoms with Crippen LogP contribution >= 0.6 is 12.2 Å². The zero-order valence-corrected chi connectivity index (χ0v) is 17.3. The fraction of sp³-hybridized carbons (Fsp3) is 0.364. The maximum atomic E-state index is 12.0. The van der Waals surface area contributed by atoms with E-state index in [0.29, 0.717) is 17.3 Å². The maximum Gasteiger partial charge on any atom is 0.338 e. The minimum Gasteiger partial charge on any atom is -0.497 e. The number of carbonyl (C=O) groups excluding carboxylic acids is 1. The van der Waals surface area contributed by atoms with E-state index in [1.807, 2.05) is 19.1 Å². The molecule has 0 radical (unpaired) electrons. The van der Waals surface area contributed by atoms with Gasteiger partial charge in [-0.3, -0.25) is 0 Å². The molecule has 1 aliphatic carbocycles. The smallest absolute Gasteiger partial charge is 0.338 e. The molecule has 0 aromatic heterocycles. The highest BCUT2D eigenvalue weighted by Gasteiger charge is 2.21. The van der Waals surface area contributed by atoms with Crippen LogP contribution in [0, 0.1) is 6.92 Å². The molecule has 0 amide bonds. The molecule has 1 aliphatic rings. The van der Waals surface area contributed by atoms with Gasteiger partial charge in [0.1, 0.15) is 5.75 Å². The number of rotatable bonds is 5. The summed E-state index contributed by atoms with van der Waals surface area (Å²) in [4.78, 5) is 12.0. The number of hydrogen-bond acceptors (Lipinski definition) is 4. The Morgan fingerprint density at radius 3 is 2.82 bits per heavy atom. The number of ether oxygens (including phenoxy) is 2. The molecule has 2 aromatic carbocycles. The third-order valence-corrected chi connectivity index (χ3v) is 5.19. The molecule has 0 spiro atoms. The Hall–Kier alpha value is -2.60. The van der Waals surface area contributed by atoms with Crippen molar-refractivity contribution in [3.63, 3.8) is 0 Å². The fourth-order valence-electron chi connectivity index (χ4n) is 3.48. The van der Waals surface area contributed by atoms with E-state index < -0.39 is 0 Å². The number of carbonyl (C=O) groups is 1. The predicted octanol–water partition coefficient (Wildman–Crippen LogP) is 4.54. The Morgan fingerprint density at radius 2 is 2.07 bits per heavy atom. The summed E-state index contributed by atoms with van der Waals surface area (Å²) in [5.41, 5.74) is 4.87. The molecule has 5 nitrogen and oxygen atoms in total. The van der Waals surface area contributed by atoms with Crippen LogP contribution in [0.5, 0.6) is 5.75 Å². The van der Waals surface area contributed by atoms with Crippen LogP contribution < -0.4 is 15.4 Å². The number of methoxy groups -OCH3 is 1. The van der Waals surface area contributed by atoms with Crippen molar-refractivity contribution in [1.29, 1.82) is 0 Å². The molecule has 2 aromatic rings. The van der Waals surface area contributed by atoms with Crippen LogP contribution in [0.15, 0.2) is 36.4 Å². The summed E-state index contributed by atoms with van der Waals surface area (Å²) in [6.45, 7) is 4.12. The Balaban J connectivity index is 1.72. The molecular weight excluding hydrogens is 372 g/mol. The fourth-order valence-corrected chi connectivity index (χ4v) is 3.73. The lowest BCUT2D eigenvalue weighted by molar-refractivity contribution is 0.0526. The summed E-state index contributed by atoms with van der Waals surface area (Å²) in [5, 5.41) is 7.20. The normalized spacial score (nSPS) is 15.3. The molecule has 28 heavy (non-hydrogen) atoms. The number of anilines is 1. The number of benzene rings is 2. The third-order valence-electron chi connectivity index (χ3n) is 4.97. The second-order valence-corrected chi connectivity index (χ2v) is 7.27. The Morgan fingerprint density at radius 1 is 1.25 bits per heavy atom. The van der Waals surface area contributed by atoms with Gasteiger partial charge in [-0.2, -0.15) is 0 Å². The van der Waals surface area contributed by atoms with Crippen LogP contribution in [0.3, 0.4) is 0 Å². The maximum absolute atomic E-state index is 12.0. The van der Waals surface area contributed by atoms with E-state index in [-0.39, 0.29) is 12.0 Å². The number of hydrogen-bond donors (Lipinski definition) is 2. The summed E-state index contributed by atoms with van der Waals surface area (Å²) in [5.74, 6) is 0.547. The van der Waals surface area contributed by atoms with Gasteiger partial charge in [0.05, 0.1) is 25.3 Å². The van der Waals surface area contributed by atoms with Crippen molar-refractivity contribution in [2.75, 3.05) is 19.0 Å². The Bertz CT molecular complexity index is 882. The molecule has 148 valence electrons.